The molecule has 2 aliphatic heterocycles. The van der Waals surface area contributed by atoms with Crippen LogP contribution in [-0.2, 0) is 10.0 Å². The highest BCUT2D eigenvalue weighted by molar-refractivity contribution is 7.93. The fraction of sp³-hybridized carbons (Fsp3) is 0.562. The van der Waals surface area contributed by atoms with Crippen LogP contribution in [0.15, 0.2) is 18.2 Å². The lowest BCUT2D eigenvalue weighted by molar-refractivity contribution is 0.0708. The van der Waals surface area contributed by atoms with Gasteiger partial charge in [0.2, 0.25) is 10.0 Å². The molecule has 3 rings (SSSR count). The van der Waals surface area contributed by atoms with E-state index in [0.717, 1.165) is 24.9 Å². The molecule has 6 nitrogen and oxygen atoms in total. The van der Waals surface area contributed by atoms with Crippen LogP contribution >= 0.6 is 0 Å². The third-order valence-electron chi connectivity index (χ3n) is 4.57. The van der Waals surface area contributed by atoms with Gasteiger partial charge in [-0.05, 0) is 49.9 Å². The van der Waals surface area contributed by atoms with E-state index in [-0.39, 0.29) is 17.7 Å². The predicted octanol–water partition coefficient (Wildman–Crippen LogP) is 1.10. The van der Waals surface area contributed by atoms with Crippen LogP contribution in [0.2, 0.25) is 0 Å². The highest BCUT2D eigenvalue weighted by Crippen LogP contribution is 2.27. The van der Waals surface area contributed by atoms with Crippen LogP contribution in [-0.4, -0.2) is 50.7 Å². The van der Waals surface area contributed by atoms with Crippen molar-refractivity contribution in [3.8, 4) is 0 Å². The Hall–Kier alpha value is -1.60. The number of piperidine rings is 1. The third kappa shape index (κ3) is 3.21. The minimum atomic E-state index is -3.20. The van der Waals surface area contributed by atoms with E-state index in [1.54, 1.807) is 23.1 Å². The van der Waals surface area contributed by atoms with Crippen molar-refractivity contribution in [2.24, 2.45) is 5.73 Å². The first-order chi connectivity index (χ1) is 10.9. The first kappa shape index (κ1) is 16.3. The highest BCUT2D eigenvalue weighted by Gasteiger charge is 2.29. The number of amides is 1. The number of likely N-dealkylation sites (tertiary alicyclic amines) is 1. The molecule has 0 aliphatic carbocycles. The number of nitrogens with zero attached hydrogens (tertiary/aromatic N) is 2. The minimum absolute atomic E-state index is 0.0199. The fourth-order valence-corrected chi connectivity index (χ4v) is 4.89. The van der Waals surface area contributed by atoms with Crippen molar-refractivity contribution >= 4 is 21.6 Å². The molecular formula is C16H23N3O3S. The molecule has 2 aliphatic rings. The number of nitrogens with two attached hydrogens (primary N) is 1. The molecule has 1 amide bonds. The summed E-state index contributed by atoms with van der Waals surface area (Å²) in [5.41, 5.74) is 8.02. The molecule has 0 aromatic heterocycles. The smallest absolute Gasteiger partial charge is 0.254 e. The van der Waals surface area contributed by atoms with Crippen LogP contribution in [0.1, 0.15) is 35.2 Å². The molecule has 0 radical (unpaired) electrons. The lowest BCUT2D eigenvalue weighted by atomic mass is 10.0. The van der Waals surface area contributed by atoms with Gasteiger partial charge in [-0.3, -0.25) is 9.10 Å². The minimum Gasteiger partial charge on any atom is -0.337 e. The summed E-state index contributed by atoms with van der Waals surface area (Å²) in [7, 11) is -3.20. The summed E-state index contributed by atoms with van der Waals surface area (Å²) in [6, 6.07) is 5.30. The number of anilines is 1. The van der Waals surface area contributed by atoms with E-state index in [1.165, 1.54) is 4.31 Å². The van der Waals surface area contributed by atoms with E-state index < -0.39 is 10.0 Å². The van der Waals surface area contributed by atoms with E-state index in [1.807, 2.05) is 6.92 Å². The number of rotatable bonds is 2. The maximum atomic E-state index is 12.7. The third-order valence-corrected chi connectivity index (χ3v) is 6.44. The molecule has 126 valence electrons. The molecule has 0 saturated carbocycles. The van der Waals surface area contributed by atoms with Gasteiger partial charge in [0.25, 0.3) is 5.91 Å². The maximum Gasteiger partial charge on any atom is 0.254 e. The van der Waals surface area contributed by atoms with Gasteiger partial charge < -0.3 is 10.6 Å². The molecule has 23 heavy (non-hydrogen) atoms. The van der Waals surface area contributed by atoms with Gasteiger partial charge in [0, 0.05) is 31.2 Å². The lowest BCUT2D eigenvalue weighted by Gasteiger charge is -2.31. The highest BCUT2D eigenvalue weighted by atomic mass is 32.2. The predicted molar refractivity (Wildman–Crippen MR) is 90.0 cm³/mol. The molecule has 2 N–H and O–H groups in total. The lowest BCUT2D eigenvalue weighted by Crippen LogP contribution is -2.45. The Balaban J connectivity index is 1.83. The molecule has 1 aromatic rings. The summed E-state index contributed by atoms with van der Waals surface area (Å²) in [4.78, 5) is 14.5. The Kier molecular flexibility index (Phi) is 4.33. The van der Waals surface area contributed by atoms with Gasteiger partial charge in [-0.2, -0.15) is 0 Å². The quantitative estimate of drug-likeness (QED) is 0.876. The maximum absolute atomic E-state index is 12.7. The van der Waals surface area contributed by atoms with Crippen LogP contribution in [0, 0.1) is 6.92 Å². The molecule has 2 saturated heterocycles. The molecule has 2 fully saturated rings. The van der Waals surface area contributed by atoms with E-state index in [0.29, 0.717) is 30.8 Å². The monoisotopic (exact) mass is 337 g/mol. The second-order valence-electron chi connectivity index (χ2n) is 6.39. The summed E-state index contributed by atoms with van der Waals surface area (Å²) in [6.45, 7) is 3.67. The molecule has 0 bridgehead atoms. The van der Waals surface area contributed by atoms with Gasteiger partial charge >= 0.3 is 0 Å². The first-order valence-corrected chi connectivity index (χ1v) is 9.65. The zero-order valence-electron chi connectivity index (χ0n) is 13.4. The van der Waals surface area contributed by atoms with Crippen LogP contribution in [0.4, 0.5) is 5.69 Å². The average Bonchev–Trinajstić information content (AvgIpc) is 2.86. The van der Waals surface area contributed by atoms with E-state index >= 15 is 0 Å². The SMILES string of the molecule is Cc1cc(N2CCCS2(=O)=O)ccc1C(=O)N1CCCC(N)C1. The number of carbonyl (C=O) groups excluding carboxylic acids is 1. The van der Waals surface area contributed by atoms with E-state index in [4.69, 9.17) is 5.73 Å². The van der Waals surface area contributed by atoms with Gasteiger partial charge in [0.1, 0.15) is 0 Å². The van der Waals surface area contributed by atoms with Gasteiger partial charge in [0.15, 0.2) is 0 Å². The number of benzene rings is 1. The summed E-state index contributed by atoms with van der Waals surface area (Å²) in [5.74, 6) is 0.173. The molecule has 7 heteroatoms. The van der Waals surface area contributed by atoms with Gasteiger partial charge in [-0.15, -0.1) is 0 Å². The van der Waals surface area contributed by atoms with Crippen LogP contribution in [0.25, 0.3) is 0 Å². The molecular weight excluding hydrogens is 314 g/mol. The molecule has 1 unspecified atom stereocenters. The van der Waals surface area contributed by atoms with Gasteiger partial charge in [0.05, 0.1) is 11.4 Å². The van der Waals surface area contributed by atoms with Crippen molar-refractivity contribution in [2.45, 2.75) is 32.2 Å². The van der Waals surface area contributed by atoms with Crippen molar-refractivity contribution in [3.05, 3.63) is 29.3 Å². The Bertz CT molecular complexity index is 717. The molecule has 0 spiro atoms. The van der Waals surface area contributed by atoms with Crippen molar-refractivity contribution in [2.75, 3.05) is 29.7 Å². The Labute approximate surface area is 137 Å². The number of hydrogen-bond acceptors (Lipinski definition) is 4. The zero-order valence-corrected chi connectivity index (χ0v) is 14.2. The molecule has 2 heterocycles. The largest absolute Gasteiger partial charge is 0.337 e. The Morgan fingerprint density at radius 1 is 1.26 bits per heavy atom. The zero-order chi connectivity index (χ0) is 16.6. The number of carbonyl (C=O) groups is 1. The van der Waals surface area contributed by atoms with Crippen molar-refractivity contribution in [1.29, 1.82) is 0 Å². The van der Waals surface area contributed by atoms with Crippen molar-refractivity contribution in [3.63, 3.8) is 0 Å². The van der Waals surface area contributed by atoms with Crippen LogP contribution in [0.3, 0.4) is 0 Å². The second-order valence-corrected chi connectivity index (χ2v) is 8.41. The Morgan fingerprint density at radius 2 is 2.04 bits per heavy atom. The average molecular weight is 337 g/mol. The Morgan fingerprint density at radius 3 is 2.65 bits per heavy atom. The summed E-state index contributed by atoms with van der Waals surface area (Å²) in [5, 5.41) is 0. The molecule has 1 atom stereocenters. The van der Waals surface area contributed by atoms with Crippen LogP contribution < -0.4 is 10.0 Å². The van der Waals surface area contributed by atoms with Crippen molar-refractivity contribution < 1.29 is 13.2 Å². The number of aryl methyl sites for hydroxylation is 1. The van der Waals surface area contributed by atoms with E-state index in [2.05, 4.69) is 0 Å². The van der Waals surface area contributed by atoms with Crippen LogP contribution in [0.5, 0.6) is 0 Å². The summed E-state index contributed by atoms with van der Waals surface area (Å²) in [6.07, 6.45) is 2.53. The number of hydrogen-bond donors (Lipinski definition) is 1. The van der Waals surface area contributed by atoms with Crippen molar-refractivity contribution in [1.82, 2.24) is 4.90 Å². The standard InChI is InChI=1S/C16H23N3O3S/c1-12-10-14(19-8-3-9-23(19,21)22)5-6-15(12)16(20)18-7-2-4-13(17)11-18/h5-6,10,13H,2-4,7-9,11,17H2,1H3. The normalized spacial score (nSPS) is 24.0. The fourth-order valence-electron chi connectivity index (χ4n) is 3.34. The summed E-state index contributed by atoms with van der Waals surface area (Å²) >= 11 is 0. The summed E-state index contributed by atoms with van der Waals surface area (Å²) < 4.78 is 25.5. The number of sulfonamides is 1. The van der Waals surface area contributed by atoms with Gasteiger partial charge in [-0.25, -0.2) is 8.42 Å². The van der Waals surface area contributed by atoms with Gasteiger partial charge in [-0.1, -0.05) is 0 Å². The molecule has 1 aromatic carbocycles. The first-order valence-electron chi connectivity index (χ1n) is 8.04. The second kappa shape index (κ2) is 6.13. The van der Waals surface area contributed by atoms with E-state index in [9.17, 15) is 13.2 Å². The topological polar surface area (TPSA) is 83.7 Å².